The fraction of sp³-hybridized carbons (Fsp3) is 0.654. The van der Waals surface area contributed by atoms with Gasteiger partial charge in [-0.2, -0.15) is 0 Å². The number of benzene rings is 1. The number of para-hydroxylation sites is 1. The summed E-state index contributed by atoms with van der Waals surface area (Å²) in [7, 11) is 0. The molecule has 33 heavy (non-hydrogen) atoms. The lowest BCUT2D eigenvalue weighted by molar-refractivity contribution is -0.135. The Balaban J connectivity index is 1.30. The van der Waals surface area contributed by atoms with E-state index in [1.165, 1.54) is 38.6 Å². The number of hydrogen-bond acceptors (Lipinski definition) is 5. The van der Waals surface area contributed by atoms with Crippen molar-refractivity contribution in [2.45, 2.75) is 77.5 Å². The molecule has 1 saturated carbocycles. The second kappa shape index (κ2) is 10.2. The summed E-state index contributed by atoms with van der Waals surface area (Å²) in [6, 6.07) is 7.94. The van der Waals surface area contributed by atoms with E-state index in [-0.39, 0.29) is 11.3 Å². The lowest BCUT2D eigenvalue weighted by Crippen LogP contribution is -2.49. The van der Waals surface area contributed by atoms with Crippen molar-refractivity contribution in [1.29, 1.82) is 0 Å². The highest BCUT2D eigenvalue weighted by Crippen LogP contribution is 2.38. The van der Waals surface area contributed by atoms with Crippen LogP contribution in [0.4, 0.5) is 0 Å². The average Bonchev–Trinajstić information content (AvgIpc) is 3.30. The Kier molecular flexibility index (Phi) is 6.95. The Morgan fingerprint density at radius 2 is 1.85 bits per heavy atom. The van der Waals surface area contributed by atoms with Gasteiger partial charge in [-0.15, -0.1) is 5.10 Å². The van der Waals surface area contributed by atoms with E-state index < -0.39 is 0 Å². The van der Waals surface area contributed by atoms with Crippen molar-refractivity contribution in [1.82, 2.24) is 25.2 Å². The first kappa shape index (κ1) is 22.4. The Labute approximate surface area is 196 Å². The van der Waals surface area contributed by atoms with Gasteiger partial charge in [0.05, 0.1) is 11.6 Å². The van der Waals surface area contributed by atoms with Crippen molar-refractivity contribution in [3.63, 3.8) is 0 Å². The molecule has 3 aliphatic rings. The number of hydrogen-bond donors (Lipinski definition) is 1. The van der Waals surface area contributed by atoms with Gasteiger partial charge in [0.2, 0.25) is 5.91 Å². The maximum absolute atomic E-state index is 13.6. The molecule has 7 nitrogen and oxygen atoms in total. The first-order valence-electron chi connectivity index (χ1n) is 12.8. The summed E-state index contributed by atoms with van der Waals surface area (Å²) in [5.41, 5.74) is 1.53. The van der Waals surface area contributed by atoms with E-state index in [9.17, 15) is 4.79 Å². The van der Waals surface area contributed by atoms with E-state index in [1.807, 2.05) is 35.1 Å². The van der Waals surface area contributed by atoms with Gasteiger partial charge in [-0.1, -0.05) is 42.7 Å². The number of nitrogens with zero attached hydrogens (tertiary/aromatic N) is 4. The number of aryl methyl sites for hydroxylation is 1. The summed E-state index contributed by atoms with van der Waals surface area (Å²) in [4.78, 5) is 16.2. The van der Waals surface area contributed by atoms with Gasteiger partial charge in [-0.3, -0.25) is 9.48 Å². The molecule has 2 aliphatic heterocycles. The molecular weight excluding hydrogens is 414 g/mol. The summed E-state index contributed by atoms with van der Waals surface area (Å²) in [5.74, 6) is 1.84. The summed E-state index contributed by atoms with van der Waals surface area (Å²) in [6.45, 7) is 4.92. The number of aromatic nitrogens is 3. The molecule has 2 fully saturated rings. The molecule has 0 unspecified atom stereocenters. The molecule has 1 amide bonds. The SMILES string of the molecule is O=C1NCc2ccccc2OCc2cn(nn2)CCCC12CCN(CC1CCCCC1)CC2. The molecule has 2 aromatic rings. The predicted molar refractivity (Wildman–Crippen MR) is 127 cm³/mol. The fourth-order valence-corrected chi connectivity index (χ4v) is 5.89. The molecule has 1 spiro atoms. The number of ether oxygens (including phenoxy) is 1. The van der Waals surface area contributed by atoms with E-state index in [0.717, 1.165) is 68.2 Å². The minimum Gasteiger partial charge on any atom is -0.487 e. The number of likely N-dealkylation sites (tertiary alicyclic amines) is 1. The van der Waals surface area contributed by atoms with Crippen LogP contribution in [-0.4, -0.2) is 45.4 Å². The van der Waals surface area contributed by atoms with Crippen molar-refractivity contribution in [3.05, 3.63) is 41.7 Å². The van der Waals surface area contributed by atoms with Crippen molar-refractivity contribution >= 4 is 5.91 Å². The normalized spacial score (nSPS) is 22.7. The number of carbonyl (C=O) groups excluding carboxylic acids is 1. The van der Waals surface area contributed by atoms with E-state index in [4.69, 9.17) is 4.74 Å². The monoisotopic (exact) mass is 451 g/mol. The lowest BCUT2D eigenvalue weighted by Gasteiger charge is -2.42. The lowest BCUT2D eigenvalue weighted by atomic mass is 9.73. The fourth-order valence-electron chi connectivity index (χ4n) is 5.89. The average molecular weight is 452 g/mol. The number of amides is 1. The highest BCUT2D eigenvalue weighted by molar-refractivity contribution is 5.82. The van der Waals surface area contributed by atoms with Crippen LogP contribution in [0, 0.1) is 11.3 Å². The quantitative estimate of drug-likeness (QED) is 0.749. The third-order valence-electron chi connectivity index (χ3n) is 7.95. The number of piperidine rings is 1. The minimum absolute atomic E-state index is 0.200. The first-order chi connectivity index (χ1) is 16.2. The smallest absolute Gasteiger partial charge is 0.226 e. The van der Waals surface area contributed by atoms with Gasteiger partial charge < -0.3 is 15.0 Å². The predicted octanol–water partition coefficient (Wildman–Crippen LogP) is 3.93. The molecule has 1 saturated heterocycles. The largest absolute Gasteiger partial charge is 0.487 e. The van der Waals surface area contributed by atoms with Crippen molar-refractivity contribution in [3.8, 4) is 5.75 Å². The highest BCUT2D eigenvalue weighted by Gasteiger charge is 2.41. The van der Waals surface area contributed by atoms with E-state index in [0.29, 0.717) is 13.2 Å². The van der Waals surface area contributed by atoms with Crippen LogP contribution in [0.3, 0.4) is 0 Å². The third kappa shape index (κ3) is 5.40. The van der Waals surface area contributed by atoms with Crippen LogP contribution >= 0.6 is 0 Å². The van der Waals surface area contributed by atoms with Gasteiger partial charge in [0, 0.05) is 25.2 Å². The van der Waals surface area contributed by atoms with Crippen LogP contribution < -0.4 is 10.1 Å². The molecule has 1 N–H and O–H groups in total. The number of carbonyl (C=O) groups is 1. The Hall–Kier alpha value is -2.41. The zero-order valence-electron chi connectivity index (χ0n) is 19.7. The van der Waals surface area contributed by atoms with Crippen LogP contribution in [0.25, 0.3) is 0 Å². The van der Waals surface area contributed by atoms with Crippen LogP contribution in [0.2, 0.25) is 0 Å². The zero-order chi connectivity index (χ0) is 22.5. The minimum atomic E-state index is -0.299. The third-order valence-corrected chi connectivity index (χ3v) is 7.95. The van der Waals surface area contributed by atoms with Gasteiger partial charge in [-0.25, -0.2) is 0 Å². The molecule has 1 aromatic heterocycles. The van der Waals surface area contributed by atoms with Crippen LogP contribution in [0.15, 0.2) is 30.5 Å². The summed E-state index contributed by atoms with van der Waals surface area (Å²) in [6.07, 6.45) is 12.6. The maximum atomic E-state index is 13.6. The number of rotatable bonds is 2. The van der Waals surface area contributed by atoms with Gasteiger partial charge in [-0.05, 0) is 63.6 Å². The molecule has 2 bridgehead atoms. The molecule has 1 aromatic carbocycles. The highest BCUT2D eigenvalue weighted by atomic mass is 16.5. The molecule has 5 rings (SSSR count). The van der Waals surface area contributed by atoms with Crippen LogP contribution in [0.1, 0.15) is 69.0 Å². The molecule has 1 aliphatic carbocycles. The Morgan fingerprint density at radius 1 is 1.03 bits per heavy atom. The van der Waals surface area contributed by atoms with Crippen molar-refractivity contribution in [2.75, 3.05) is 19.6 Å². The second-order valence-corrected chi connectivity index (χ2v) is 10.2. The van der Waals surface area contributed by atoms with Gasteiger partial charge in [0.25, 0.3) is 0 Å². The molecule has 178 valence electrons. The van der Waals surface area contributed by atoms with Gasteiger partial charge in [0.15, 0.2) is 0 Å². The topological polar surface area (TPSA) is 72.3 Å². The molecule has 0 radical (unpaired) electrons. The summed E-state index contributed by atoms with van der Waals surface area (Å²) >= 11 is 0. The number of fused-ring (bicyclic) bond motifs is 3. The molecular formula is C26H37N5O2. The van der Waals surface area contributed by atoms with E-state index >= 15 is 0 Å². The van der Waals surface area contributed by atoms with Gasteiger partial charge >= 0.3 is 0 Å². The van der Waals surface area contributed by atoms with E-state index in [2.05, 4.69) is 20.5 Å². The number of nitrogens with one attached hydrogen (secondary N) is 1. The van der Waals surface area contributed by atoms with Crippen LogP contribution in [0.5, 0.6) is 5.75 Å². The zero-order valence-corrected chi connectivity index (χ0v) is 19.7. The van der Waals surface area contributed by atoms with Crippen LogP contribution in [-0.2, 0) is 24.5 Å². The van der Waals surface area contributed by atoms with E-state index in [1.54, 1.807) is 0 Å². The second-order valence-electron chi connectivity index (χ2n) is 10.2. The molecule has 0 atom stereocenters. The van der Waals surface area contributed by atoms with Gasteiger partial charge in [0.1, 0.15) is 18.1 Å². The molecule has 7 heteroatoms. The first-order valence-corrected chi connectivity index (χ1v) is 12.8. The standard InChI is InChI=1S/C26H37N5O2/c32-25-26(12-15-30(16-13-26)18-21-7-2-1-3-8-21)11-6-14-31-19-23(28-29-31)20-33-24-10-5-4-9-22(24)17-27-25/h4-5,9-10,19,21H,1-3,6-8,11-18,20H2,(H,27,32). The maximum Gasteiger partial charge on any atom is 0.226 e. The summed E-state index contributed by atoms with van der Waals surface area (Å²) < 4.78 is 7.90. The molecule has 3 heterocycles. The van der Waals surface area contributed by atoms with Crippen molar-refractivity contribution < 1.29 is 9.53 Å². The Bertz CT molecular complexity index is 928. The summed E-state index contributed by atoms with van der Waals surface area (Å²) in [5, 5.41) is 11.8. The van der Waals surface area contributed by atoms with Crippen molar-refractivity contribution in [2.24, 2.45) is 11.3 Å². The Morgan fingerprint density at radius 3 is 2.70 bits per heavy atom.